The Hall–Kier alpha value is -1.79. The molecule has 0 aromatic carbocycles. The minimum atomic E-state index is -1.00. The van der Waals surface area contributed by atoms with Gasteiger partial charge in [0.1, 0.15) is 0 Å². The maximum absolute atomic E-state index is 12.3. The van der Waals surface area contributed by atoms with E-state index in [9.17, 15) is 14.4 Å². The third-order valence-corrected chi connectivity index (χ3v) is 6.36. The van der Waals surface area contributed by atoms with Crippen LogP contribution in [0.15, 0.2) is 0 Å². The first-order valence-electron chi connectivity index (χ1n) is 9.74. The number of rotatable bonds is 7. The van der Waals surface area contributed by atoms with Gasteiger partial charge in [-0.1, -0.05) is 0 Å². The van der Waals surface area contributed by atoms with Gasteiger partial charge < -0.3 is 21.1 Å². The molecule has 0 heterocycles. The zero-order valence-corrected chi connectivity index (χ0v) is 15.8. The fourth-order valence-electron chi connectivity index (χ4n) is 5.32. The van der Waals surface area contributed by atoms with Gasteiger partial charge in [0, 0.05) is 25.0 Å². The Labute approximate surface area is 154 Å². The molecule has 4 fully saturated rings. The Bertz CT molecular complexity index is 552. The molecule has 4 aliphatic carbocycles. The lowest BCUT2D eigenvalue weighted by molar-refractivity contribution is -0.146. The molecule has 0 spiro atoms. The van der Waals surface area contributed by atoms with Crippen LogP contribution < -0.4 is 16.0 Å². The summed E-state index contributed by atoms with van der Waals surface area (Å²) in [5.41, 5.74) is -1.04. The van der Waals surface area contributed by atoms with Crippen LogP contribution in [0.5, 0.6) is 0 Å². The second kappa shape index (κ2) is 7.08. The van der Waals surface area contributed by atoms with Crippen LogP contribution in [0.1, 0.15) is 58.8 Å². The van der Waals surface area contributed by atoms with Crippen LogP contribution in [0.3, 0.4) is 0 Å². The molecule has 0 atom stereocenters. The number of urea groups is 1. The van der Waals surface area contributed by atoms with Gasteiger partial charge in [-0.2, -0.15) is 0 Å². The van der Waals surface area contributed by atoms with Crippen LogP contribution in [0.25, 0.3) is 0 Å². The van der Waals surface area contributed by atoms with Gasteiger partial charge in [0.05, 0.1) is 5.41 Å². The molecule has 0 aromatic heterocycles. The van der Waals surface area contributed by atoms with Crippen molar-refractivity contribution in [2.24, 2.45) is 23.2 Å². The van der Waals surface area contributed by atoms with Crippen LogP contribution in [-0.2, 0) is 9.59 Å². The maximum atomic E-state index is 12.3. The SMILES string of the molecule is CC(C)(CNC(=O)CCNC(=O)NC12CC3CC(CC(C3)C1)C2)C(=O)O. The number of carboxylic acid groups (broad SMARTS) is 1. The summed E-state index contributed by atoms with van der Waals surface area (Å²) < 4.78 is 0. The smallest absolute Gasteiger partial charge is 0.315 e. The first-order chi connectivity index (χ1) is 12.2. The Morgan fingerprint density at radius 2 is 1.54 bits per heavy atom. The highest BCUT2D eigenvalue weighted by molar-refractivity contribution is 5.80. The summed E-state index contributed by atoms with van der Waals surface area (Å²) in [6.07, 6.45) is 7.41. The molecule has 0 aliphatic heterocycles. The third kappa shape index (κ3) is 4.30. The summed E-state index contributed by atoms with van der Waals surface area (Å²) >= 11 is 0. The normalized spacial score (nSPS) is 32.2. The van der Waals surface area contributed by atoms with Crippen LogP contribution >= 0.6 is 0 Å². The van der Waals surface area contributed by atoms with E-state index in [4.69, 9.17) is 5.11 Å². The van der Waals surface area contributed by atoms with Crippen molar-refractivity contribution in [3.8, 4) is 0 Å². The molecule has 26 heavy (non-hydrogen) atoms. The highest BCUT2D eigenvalue weighted by Crippen LogP contribution is 2.55. The quantitative estimate of drug-likeness (QED) is 0.552. The van der Waals surface area contributed by atoms with Gasteiger partial charge in [-0.3, -0.25) is 9.59 Å². The van der Waals surface area contributed by atoms with E-state index in [1.165, 1.54) is 19.3 Å². The number of nitrogens with one attached hydrogen (secondary N) is 3. The van der Waals surface area contributed by atoms with Gasteiger partial charge in [0.15, 0.2) is 0 Å². The van der Waals surface area contributed by atoms with E-state index in [1.807, 2.05) is 0 Å². The lowest BCUT2D eigenvalue weighted by atomic mass is 9.53. The van der Waals surface area contributed by atoms with E-state index in [-0.39, 0.29) is 37.0 Å². The van der Waals surface area contributed by atoms with E-state index < -0.39 is 11.4 Å². The number of carboxylic acids is 1. The van der Waals surface area contributed by atoms with Gasteiger partial charge in [0.25, 0.3) is 0 Å². The van der Waals surface area contributed by atoms with Crippen LogP contribution in [0.2, 0.25) is 0 Å². The number of carbonyl (C=O) groups excluding carboxylic acids is 2. The fraction of sp³-hybridized carbons (Fsp3) is 0.842. The minimum absolute atomic E-state index is 0.0351. The topological polar surface area (TPSA) is 108 Å². The largest absolute Gasteiger partial charge is 0.481 e. The summed E-state index contributed by atoms with van der Waals surface area (Å²) in [6, 6.07) is -0.189. The van der Waals surface area contributed by atoms with Crippen molar-refractivity contribution < 1.29 is 19.5 Å². The summed E-state index contributed by atoms with van der Waals surface area (Å²) in [4.78, 5) is 35.1. The molecule has 0 radical (unpaired) electrons. The van der Waals surface area contributed by atoms with Gasteiger partial charge in [-0.25, -0.2) is 4.79 Å². The highest BCUT2D eigenvalue weighted by atomic mass is 16.4. The highest BCUT2D eigenvalue weighted by Gasteiger charge is 2.51. The lowest BCUT2D eigenvalue weighted by Crippen LogP contribution is -2.61. The second-order valence-corrected chi connectivity index (χ2v) is 9.29. The number of hydrogen-bond acceptors (Lipinski definition) is 3. The number of amides is 3. The van der Waals surface area contributed by atoms with Gasteiger partial charge in [-0.05, 0) is 70.1 Å². The molecule has 4 bridgehead atoms. The maximum Gasteiger partial charge on any atom is 0.315 e. The van der Waals surface area contributed by atoms with E-state index in [0.717, 1.165) is 37.0 Å². The molecule has 3 amide bonds. The monoisotopic (exact) mass is 365 g/mol. The Kier molecular flexibility index (Phi) is 5.17. The molecule has 4 aliphatic rings. The van der Waals surface area contributed by atoms with Crippen molar-refractivity contribution in [1.29, 1.82) is 0 Å². The molecule has 4 N–H and O–H groups in total. The molecule has 0 aromatic rings. The van der Waals surface area contributed by atoms with E-state index in [2.05, 4.69) is 16.0 Å². The predicted octanol–water partition coefficient (Wildman–Crippen LogP) is 1.87. The van der Waals surface area contributed by atoms with E-state index in [0.29, 0.717) is 0 Å². The summed E-state index contributed by atoms with van der Waals surface area (Å²) in [5, 5.41) is 17.6. The summed E-state index contributed by atoms with van der Waals surface area (Å²) in [7, 11) is 0. The Morgan fingerprint density at radius 3 is 2.04 bits per heavy atom. The summed E-state index contributed by atoms with van der Waals surface area (Å²) in [5.74, 6) is 1.10. The zero-order valence-electron chi connectivity index (χ0n) is 15.8. The minimum Gasteiger partial charge on any atom is -0.481 e. The van der Waals surface area contributed by atoms with Gasteiger partial charge >= 0.3 is 12.0 Å². The van der Waals surface area contributed by atoms with Crippen molar-refractivity contribution >= 4 is 17.9 Å². The van der Waals surface area contributed by atoms with Crippen molar-refractivity contribution in [3.63, 3.8) is 0 Å². The predicted molar refractivity (Wildman–Crippen MR) is 96.5 cm³/mol. The van der Waals surface area contributed by atoms with Gasteiger partial charge in [-0.15, -0.1) is 0 Å². The average Bonchev–Trinajstić information content (AvgIpc) is 2.51. The number of carbonyl (C=O) groups is 3. The van der Waals surface area contributed by atoms with E-state index >= 15 is 0 Å². The molecular weight excluding hydrogens is 334 g/mol. The Balaban J connectivity index is 1.37. The molecule has 0 unspecified atom stereocenters. The van der Waals surface area contributed by atoms with Crippen LogP contribution in [-0.4, -0.2) is 41.6 Å². The third-order valence-electron chi connectivity index (χ3n) is 6.36. The molecule has 7 heteroatoms. The van der Waals surface area contributed by atoms with Crippen molar-refractivity contribution in [1.82, 2.24) is 16.0 Å². The Morgan fingerprint density at radius 1 is 1.00 bits per heavy atom. The summed E-state index contributed by atoms with van der Waals surface area (Å²) in [6.45, 7) is 3.44. The first-order valence-corrected chi connectivity index (χ1v) is 9.74. The molecule has 146 valence electrons. The van der Waals surface area contributed by atoms with Crippen molar-refractivity contribution in [2.75, 3.05) is 13.1 Å². The molecule has 4 rings (SSSR count). The average molecular weight is 365 g/mol. The molecule has 0 saturated heterocycles. The second-order valence-electron chi connectivity index (χ2n) is 9.29. The number of hydrogen-bond donors (Lipinski definition) is 4. The van der Waals surface area contributed by atoms with Gasteiger partial charge in [0.2, 0.25) is 5.91 Å². The zero-order chi connectivity index (χ0) is 18.9. The van der Waals surface area contributed by atoms with Crippen LogP contribution in [0.4, 0.5) is 4.79 Å². The standard InChI is InChI=1S/C19H31N3O4/c1-18(2,16(24)25)11-21-15(23)3-4-20-17(26)22-19-8-12-5-13(9-19)7-14(6-12)10-19/h12-14H,3-11H2,1-2H3,(H,21,23)(H,24,25)(H2,20,22,26). The lowest BCUT2D eigenvalue weighted by Gasteiger charge is -2.56. The van der Waals surface area contributed by atoms with E-state index in [1.54, 1.807) is 13.8 Å². The number of aliphatic carboxylic acids is 1. The van der Waals surface area contributed by atoms with Crippen LogP contribution in [0, 0.1) is 23.2 Å². The van der Waals surface area contributed by atoms with Crippen molar-refractivity contribution in [3.05, 3.63) is 0 Å². The first kappa shape index (κ1) is 19.0. The fourth-order valence-corrected chi connectivity index (χ4v) is 5.32. The van der Waals surface area contributed by atoms with Crippen molar-refractivity contribution in [2.45, 2.75) is 64.3 Å². The molecule has 4 saturated carbocycles. The molecular formula is C19H31N3O4. The molecule has 7 nitrogen and oxygen atoms in total.